The number of carbonyl (C=O) groups is 3. The Morgan fingerprint density at radius 3 is 2.50 bits per heavy atom. The van der Waals surface area contributed by atoms with Gasteiger partial charge in [0, 0.05) is 28.9 Å². The lowest BCUT2D eigenvalue weighted by Crippen LogP contribution is -2.61. The van der Waals surface area contributed by atoms with E-state index in [2.05, 4.69) is 5.32 Å². The van der Waals surface area contributed by atoms with Crippen molar-refractivity contribution in [3.63, 3.8) is 0 Å². The molecule has 100 valence electrons. The third-order valence-corrected chi connectivity index (χ3v) is 4.33. The molecule has 1 spiro atoms. The number of carbonyl (C=O) groups excluding carboxylic acids is 3. The maximum atomic E-state index is 12.2. The van der Waals surface area contributed by atoms with Crippen molar-refractivity contribution < 1.29 is 18.6 Å². The quantitative estimate of drug-likeness (QED) is 0.730. The zero-order chi connectivity index (χ0) is 13.5. The van der Waals surface area contributed by atoms with Crippen LogP contribution < -0.4 is 5.32 Å². The molecule has 1 heterocycles. The highest BCUT2D eigenvalue weighted by Crippen LogP contribution is 2.49. The summed E-state index contributed by atoms with van der Waals surface area (Å²) in [5.41, 5.74) is -0.993. The largest absolute Gasteiger partial charge is 0.331 e. The summed E-state index contributed by atoms with van der Waals surface area (Å²) >= 11 is 0. The molecular weight excluding hydrogens is 256 g/mol. The van der Waals surface area contributed by atoms with E-state index in [-0.39, 0.29) is 6.04 Å². The van der Waals surface area contributed by atoms with Crippen LogP contribution in [-0.4, -0.2) is 45.0 Å². The smallest absolute Gasteiger partial charge is 0.277 e. The molecular formula is C11H16N2O4S. The number of hydrogen-bond donors (Lipinski definition) is 1. The second-order valence-electron chi connectivity index (χ2n) is 4.93. The SMILES string of the molecule is CC(CCS(C)=O)N1C(=O)NC(=O)C2(CC2)C1=O. The fourth-order valence-electron chi connectivity index (χ4n) is 2.13. The van der Waals surface area contributed by atoms with Gasteiger partial charge in [-0.1, -0.05) is 0 Å². The number of rotatable bonds is 4. The van der Waals surface area contributed by atoms with Crippen molar-refractivity contribution in [1.29, 1.82) is 0 Å². The molecule has 6 nitrogen and oxygen atoms in total. The highest BCUT2D eigenvalue weighted by molar-refractivity contribution is 7.84. The molecule has 1 saturated heterocycles. The monoisotopic (exact) mass is 272 g/mol. The van der Waals surface area contributed by atoms with Crippen molar-refractivity contribution in [3.05, 3.63) is 0 Å². The number of nitrogens with one attached hydrogen (secondary N) is 1. The van der Waals surface area contributed by atoms with Crippen molar-refractivity contribution >= 4 is 28.6 Å². The molecule has 0 bridgehead atoms. The predicted molar refractivity (Wildman–Crippen MR) is 65.1 cm³/mol. The molecule has 2 atom stereocenters. The fraction of sp³-hybridized carbons (Fsp3) is 0.727. The van der Waals surface area contributed by atoms with Gasteiger partial charge in [-0.3, -0.25) is 24.0 Å². The second-order valence-corrected chi connectivity index (χ2v) is 6.49. The average Bonchev–Trinajstić information content (AvgIpc) is 3.05. The minimum atomic E-state index is -0.993. The molecule has 0 aromatic carbocycles. The molecule has 0 aromatic rings. The Hall–Kier alpha value is -1.24. The molecule has 7 heteroatoms. The fourth-order valence-corrected chi connectivity index (χ4v) is 2.80. The van der Waals surface area contributed by atoms with Crippen LogP contribution in [-0.2, 0) is 20.4 Å². The van der Waals surface area contributed by atoms with Crippen LogP contribution in [0.15, 0.2) is 0 Å². The molecule has 1 aliphatic heterocycles. The van der Waals surface area contributed by atoms with Gasteiger partial charge in [0.2, 0.25) is 11.8 Å². The molecule has 18 heavy (non-hydrogen) atoms. The van der Waals surface area contributed by atoms with Crippen LogP contribution in [0.5, 0.6) is 0 Å². The zero-order valence-corrected chi connectivity index (χ0v) is 11.2. The summed E-state index contributed by atoms with van der Waals surface area (Å²) in [7, 11) is -0.960. The van der Waals surface area contributed by atoms with Crippen LogP contribution in [0.1, 0.15) is 26.2 Å². The highest BCUT2D eigenvalue weighted by Gasteiger charge is 2.62. The molecule has 4 amide bonds. The van der Waals surface area contributed by atoms with E-state index in [4.69, 9.17) is 0 Å². The number of urea groups is 1. The van der Waals surface area contributed by atoms with Gasteiger partial charge in [-0.2, -0.15) is 0 Å². The van der Waals surface area contributed by atoms with Crippen molar-refractivity contribution in [2.24, 2.45) is 5.41 Å². The van der Waals surface area contributed by atoms with Gasteiger partial charge in [-0.15, -0.1) is 0 Å². The van der Waals surface area contributed by atoms with Crippen LogP contribution in [0.25, 0.3) is 0 Å². The molecule has 0 aromatic heterocycles. The normalized spacial score (nSPS) is 25.0. The van der Waals surface area contributed by atoms with E-state index in [9.17, 15) is 18.6 Å². The first kappa shape index (κ1) is 13.2. The predicted octanol–water partition coefficient (Wildman–Crippen LogP) is 0.00210. The minimum Gasteiger partial charge on any atom is -0.277 e. The van der Waals surface area contributed by atoms with Gasteiger partial charge in [0.1, 0.15) is 5.41 Å². The van der Waals surface area contributed by atoms with Gasteiger partial charge in [0.25, 0.3) is 0 Å². The Morgan fingerprint density at radius 2 is 2.00 bits per heavy atom. The number of hydrogen-bond acceptors (Lipinski definition) is 4. The van der Waals surface area contributed by atoms with E-state index >= 15 is 0 Å². The summed E-state index contributed by atoms with van der Waals surface area (Å²) in [6, 6.07) is -0.996. The summed E-state index contributed by atoms with van der Waals surface area (Å²) in [5.74, 6) is -0.440. The summed E-state index contributed by atoms with van der Waals surface area (Å²) in [6.07, 6.45) is 3.07. The van der Waals surface area contributed by atoms with Gasteiger partial charge in [0.05, 0.1) is 0 Å². The van der Waals surface area contributed by atoms with Gasteiger partial charge >= 0.3 is 6.03 Å². The molecule has 2 rings (SSSR count). The third kappa shape index (κ3) is 2.07. The summed E-state index contributed by atoms with van der Waals surface area (Å²) in [5, 5.41) is 2.23. The second kappa shape index (κ2) is 4.46. The van der Waals surface area contributed by atoms with Crippen LogP contribution >= 0.6 is 0 Å². The molecule has 2 fully saturated rings. The minimum absolute atomic E-state index is 0.341. The van der Waals surface area contributed by atoms with Gasteiger partial charge in [-0.05, 0) is 26.2 Å². The van der Waals surface area contributed by atoms with Gasteiger partial charge in [-0.25, -0.2) is 4.79 Å². The summed E-state index contributed by atoms with van der Waals surface area (Å²) in [4.78, 5) is 36.6. The first-order valence-electron chi connectivity index (χ1n) is 5.87. The Bertz CT molecular complexity index is 444. The first-order chi connectivity index (χ1) is 8.38. The van der Waals surface area contributed by atoms with E-state index in [1.165, 1.54) is 0 Å². The zero-order valence-electron chi connectivity index (χ0n) is 10.4. The van der Waals surface area contributed by atoms with Crippen molar-refractivity contribution in [2.45, 2.75) is 32.2 Å². The topological polar surface area (TPSA) is 83.6 Å². The van der Waals surface area contributed by atoms with E-state index < -0.39 is 34.1 Å². The van der Waals surface area contributed by atoms with Crippen LogP contribution in [0, 0.1) is 5.41 Å². The van der Waals surface area contributed by atoms with Crippen LogP contribution in [0.4, 0.5) is 4.79 Å². The highest BCUT2D eigenvalue weighted by atomic mass is 32.2. The molecule has 2 unspecified atom stereocenters. The Labute approximate surface area is 108 Å². The Kier molecular flexibility index (Phi) is 3.27. The number of imide groups is 2. The molecule has 1 saturated carbocycles. The maximum Gasteiger partial charge on any atom is 0.331 e. The number of amides is 4. The standard InChI is InChI=1S/C11H16N2O4S/c1-7(3-6-18(2)17)13-9(15)11(4-5-11)8(14)12-10(13)16/h7H,3-6H2,1-2H3,(H,12,14,16). The van der Waals surface area contributed by atoms with E-state index in [0.717, 1.165) is 4.90 Å². The Balaban J connectivity index is 2.11. The number of nitrogens with zero attached hydrogens (tertiary/aromatic N) is 1. The van der Waals surface area contributed by atoms with Crippen molar-refractivity contribution in [1.82, 2.24) is 10.2 Å². The molecule has 2 aliphatic rings. The van der Waals surface area contributed by atoms with E-state index in [1.54, 1.807) is 13.2 Å². The van der Waals surface area contributed by atoms with E-state index in [1.807, 2.05) is 0 Å². The third-order valence-electron chi connectivity index (χ3n) is 3.52. The van der Waals surface area contributed by atoms with E-state index in [0.29, 0.717) is 25.0 Å². The summed E-state index contributed by atoms with van der Waals surface area (Å²) < 4.78 is 11.0. The Morgan fingerprint density at radius 1 is 1.39 bits per heavy atom. The lowest BCUT2D eigenvalue weighted by Gasteiger charge is -2.34. The molecule has 1 aliphatic carbocycles. The molecule has 1 N–H and O–H groups in total. The van der Waals surface area contributed by atoms with Crippen LogP contribution in [0.3, 0.4) is 0 Å². The average molecular weight is 272 g/mol. The van der Waals surface area contributed by atoms with Crippen molar-refractivity contribution in [3.8, 4) is 0 Å². The first-order valence-corrected chi connectivity index (χ1v) is 7.60. The summed E-state index contributed by atoms with van der Waals surface area (Å²) in [6.45, 7) is 1.73. The lowest BCUT2D eigenvalue weighted by molar-refractivity contribution is -0.145. The maximum absolute atomic E-state index is 12.2. The van der Waals surface area contributed by atoms with Crippen molar-refractivity contribution in [2.75, 3.05) is 12.0 Å². The van der Waals surface area contributed by atoms with Gasteiger partial charge in [0.15, 0.2) is 0 Å². The van der Waals surface area contributed by atoms with Gasteiger partial charge < -0.3 is 0 Å². The number of barbiturate groups is 1. The lowest BCUT2D eigenvalue weighted by atomic mass is 10.0. The van der Waals surface area contributed by atoms with Crippen LogP contribution in [0.2, 0.25) is 0 Å². The molecule has 0 radical (unpaired) electrons.